The molecule has 2 N–H and O–H groups in total. The number of amides is 1. The molecule has 8 heteroatoms. The number of hydrazone groups is 1. The van der Waals surface area contributed by atoms with Gasteiger partial charge in [-0.2, -0.15) is 5.10 Å². The van der Waals surface area contributed by atoms with Crippen molar-refractivity contribution in [1.82, 2.24) is 10.4 Å². The molecule has 182 valence electrons. The lowest BCUT2D eigenvalue weighted by atomic mass is 10.0. The Morgan fingerprint density at radius 3 is 2.41 bits per heavy atom. The van der Waals surface area contributed by atoms with Crippen molar-refractivity contribution in [3.63, 3.8) is 0 Å². The number of halogens is 2. The van der Waals surface area contributed by atoms with Crippen molar-refractivity contribution in [1.29, 1.82) is 0 Å². The standard InChI is InChI=1S/C29H19BrIN3O3/c30-21-14-15-24(37-29(36)19-10-5-2-6-11-19)20(16-21)17-32-34-28(35)27-25(18-8-3-1-4-9-18)22-12-7-13-23(31)26(22)33-27/h1-17,33H,(H,34,35). The molecule has 0 aliphatic rings. The Bertz CT molecular complexity index is 1630. The summed E-state index contributed by atoms with van der Waals surface area (Å²) in [6.07, 6.45) is 1.45. The van der Waals surface area contributed by atoms with Crippen molar-refractivity contribution < 1.29 is 14.3 Å². The SMILES string of the molecule is O=C(Oc1ccc(Br)cc1C=NNC(=O)c1[nH]c2c(I)cccc2c1-c1ccccc1)c1ccccc1. The van der Waals surface area contributed by atoms with Crippen molar-refractivity contribution in [3.8, 4) is 16.9 Å². The first kappa shape index (κ1) is 24.9. The van der Waals surface area contributed by atoms with Gasteiger partial charge in [-0.05, 0) is 64.6 Å². The molecule has 0 radical (unpaired) electrons. The van der Waals surface area contributed by atoms with Crippen LogP contribution >= 0.6 is 38.5 Å². The van der Waals surface area contributed by atoms with Crippen LogP contribution in [0.15, 0.2) is 107 Å². The van der Waals surface area contributed by atoms with Crippen molar-refractivity contribution >= 4 is 67.5 Å². The van der Waals surface area contributed by atoms with Gasteiger partial charge in [0.05, 0.1) is 17.3 Å². The van der Waals surface area contributed by atoms with Crippen LogP contribution in [0.5, 0.6) is 5.75 Å². The van der Waals surface area contributed by atoms with Crippen molar-refractivity contribution in [2.75, 3.05) is 0 Å². The maximum atomic E-state index is 13.3. The summed E-state index contributed by atoms with van der Waals surface area (Å²) >= 11 is 5.68. The number of aromatic amines is 1. The molecular formula is C29H19BrIN3O3. The van der Waals surface area contributed by atoms with E-state index in [1.54, 1.807) is 42.5 Å². The van der Waals surface area contributed by atoms with Gasteiger partial charge in [0.2, 0.25) is 0 Å². The number of nitrogens with one attached hydrogen (secondary N) is 2. The average Bonchev–Trinajstić information content (AvgIpc) is 3.32. The second-order valence-corrected chi connectivity index (χ2v) is 10.1. The van der Waals surface area contributed by atoms with Crippen LogP contribution in [-0.2, 0) is 0 Å². The zero-order valence-electron chi connectivity index (χ0n) is 19.2. The van der Waals surface area contributed by atoms with Gasteiger partial charge in [0.25, 0.3) is 5.91 Å². The Balaban J connectivity index is 1.42. The van der Waals surface area contributed by atoms with Crippen LogP contribution < -0.4 is 10.2 Å². The smallest absolute Gasteiger partial charge is 0.343 e. The lowest BCUT2D eigenvalue weighted by Gasteiger charge is -2.08. The lowest BCUT2D eigenvalue weighted by Crippen LogP contribution is -2.19. The molecule has 0 aliphatic heterocycles. The van der Waals surface area contributed by atoms with Gasteiger partial charge in [-0.1, -0.05) is 76.6 Å². The maximum absolute atomic E-state index is 13.3. The van der Waals surface area contributed by atoms with Crippen LogP contribution in [0, 0.1) is 3.57 Å². The van der Waals surface area contributed by atoms with E-state index in [9.17, 15) is 9.59 Å². The van der Waals surface area contributed by atoms with E-state index in [1.165, 1.54) is 6.21 Å². The number of carbonyl (C=O) groups is 2. The molecule has 5 aromatic rings. The van der Waals surface area contributed by atoms with E-state index in [0.717, 1.165) is 30.1 Å². The van der Waals surface area contributed by atoms with Crippen LogP contribution in [0.2, 0.25) is 0 Å². The van der Waals surface area contributed by atoms with Gasteiger partial charge in [0.15, 0.2) is 0 Å². The largest absolute Gasteiger partial charge is 0.422 e. The highest BCUT2D eigenvalue weighted by Crippen LogP contribution is 2.34. The number of aromatic nitrogens is 1. The number of para-hydroxylation sites is 1. The summed E-state index contributed by atoms with van der Waals surface area (Å²) in [6, 6.07) is 29.6. The molecule has 0 atom stereocenters. The number of fused-ring (bicyclic) bond motifs is 1. The molecule has 0 saturated heterocycles. The summed E-state index contributed by atoms with van der Waals surface area (Å²) in [4.78, 5) is 29.1. The third-order valence-electron chi connectivity index (χ3n) is 5.63. The minimum absolute atomic E-state index is 0.320. The Labute approximate surface area is 235 Å². The molecular weight excluding hydrogens is 645 g/mol. The molecule has 1 amide bonds. The summed E-state index contributed by atoms with van der Waals surface area (Å²) in [5, 5.41) is 5.12. The number of ether oxygens (including phenoxy) is 1. The molecule has 0 bridgehead atoms. The Morgan fingerprint density at radius 2 is 1.65 bits per heavy atom. The zero-order valence-corrected chi connectivity index (χ0v) is 23.0. The third-order valence-corrected chi connectivity index (χ3v) is 7.02. The summed E-state index contributed by atoms with van der Waals surface area (Å²) in [5.74, 6) is -0.554. The topological polar surface area (TPSA) is 83.5 Å². The normalized spacial score (nSPS) is 11.1. The van der Waals surface area contributed by atoms with E-state index in [2.05, 4.69) is 54.0 Å². The highest BCUT2D eigenvalue weighted by Gasteiger charge is 2.20. The number of nitrogens with zero attached hydrogens (tertiary/aromatic N) is 1. The first-order chi connectivity index (χ1) is 18.0. The van der Waals surface area contributed by atoms with E-state index < -0.39 is 5.97 Å². The Morgan fingerprint density at radius 1 is 0.919 bits per heavy atom. The molecule has 5 rings (SSSR count). The van der Waals surface area contributed by atoms with Crippen molar-refractivity contribution in [2.24, 2.45) is 5.10 Å². The molecule has 1 heterocycles. The first-order valence-electron chi connectivity index (χ1n) is 11.3. The predicted molar refractivity (Wildman–Crippen MR) is 157 cm³/mol. The van der Waals surface area contributed by atoms with E-state index in [0.29, 0.717) is 22.6 Å². The van der Waals surface area contributed by atoms with E-state index >= 15 is 0 Å². The quantitative estimate of drug-likeness (QED) is 0.0664. The number of H-pyrrole nitrogens is 1. The maximum Gasteiger partial charge on any atom is 0.343 e. The van der Waals surface area contributed by atoms with Crippen LogP contribution in [0.1, 0.15) is 26.4 Å². The second kappa shape index (κ2) is 11.1. The van der Waals surface area contributed by atoms with Crippen molar-refractivity contribution in [2.45, 2.75) is 0 Å². The van der Waals surface area contributed by atoms with Gasteiger partial charge in [0, 0.05) is 24.6 Å². The highest BCUT2D eigenvalue weighted by molar-refractivity contribution is 14.1. The molecule has 1 aromatic heterocycles. The number of hydrogen-bond donors (Lipinski definition) is 2. The van der Waals surface area contributed by atoms with Crippen LogP contribution in [0.25, 0.3) is 22.0 Å². The van der Waals surface area contributed by atoms with Gasteiger partial charge in [0.1, 0.15) is 11.4 Å². The fourth-order valence-electron chi connectivity index (χ4n) is 3.92. The molecule has 37 heavy (non-hydrogen) atoms. The average molecular weight is 664 g/mol. The number of esters is 1. The van der Waals surface area contributed by atoms with E-state index in [1.807, 2.05) is 54.6 Å². The molecule has 0 spiro atoms. The molecule has 0 aliphatic carbocycles. The fraction of sp³-hybridized carbons (Fsp3) is 0. The monoisotopic (exact) mass is 663 g/mol. The predicted octanol–water partition coefficient (Wildman–Crippen LogP) is 7.19. The summed E-state index contributed by atoms with van der Waals surface area (Å²) in [7, 11) is 0. The van der Waals surface area contributed by atoms with Gasteiger partial charge in [-0.3, -0.25) is 4.79 Å². The van der Waals surface area contributed by atoms with E-state index in [4.69, 9.17) is 4.74 Å². The number of benzene rings is 4. The minimum Gasteiger partial charge on any atom is -0.422 e. The second-order valence-electron chi connectivity index (χ2n) is 8.04. The minimum atomic E-state index is -0.484. The first-order valence-corrected chi connectivity index (χ1v) is 13.1. The zero-order chi connectivity index (χ0) is 25.8. The molecule has 0 saturated carbocycles. The molecule has 0 unspecified atom stereocenters. The number of hydrogen-bond acceptors (Lipinski definition) is 4. The summed E-state index contributed by atoms with van der Waals surface area (Å²) in [5.41, 5.74) is 6.59. The molecule has 0 fully saturated rings. The van der Waals surface area contributed by atoms with Gasteiger partial charge < -0.3 is 9.72 Å². The summed E-state index contributed by atoms with van der Waals surface area (Å²) in [6.45, 7) is 0. The molecule has 4 aromatic carbocycles. The van der Waals surface area contributed by atoms with Crippen LogP contribution in [0.3, 0.4) is 0 Å². The van der Waals surface area contributed by atoms with Gasteiger partial charge in [-0.25, -0.2) is 10.2 Å². The third kappa shape index (κ3) is 5.50. The number of carbonyl (C=O) groups excluding carboxylic acids is 2. The van der Waals surface area contributed by atoms with Gasteiger partial charge >= 0.3 is 5.97 Å². The Kier molecular flexibility index (Phi) is 7.47. The van der Waals surface area contributed by atoms with Crippen LogP contribution in [-0.4, -0.2) is 23.1 Å². The Hall–Kier alpha value is -3.76. The van der Waals surface area contributed by atoms with Crippen molar-refractivity contribution in [3.05, 3.63) is 122 Å². The summed E-state index contributed by atoms with van der Waals surface area (Å²) < 4.78 is 7.37. The van der Waals surface area contributed by atoms with E-state index in [-0.39, 0.29) is 5.91 Å². The highest BCUT2D eigenvalue weighted by atomic mass is 127. The fourth-order valence-corrected chi connectivity index (χ4v) is 4.93. The number of rotatable bonds is 6. The lowest BCUT2D eigenvalue weighted by molar-refractivity contribution is 0.0734. The van der Waals surface area contributed by atoms with Crippen LogP contribution in [0.4, 0.5) is 0 Å². The van der Waals surface area contributed by atoms with Gasteiger partial charge in [-0.15, -0.1) is 0 Å². The molecule has 6 nitrogen and oxygen atoms in total.